The third-order valence-electron chi connectivity index (χ3n) is 3.32. The average Bonchev–Trinajstić information content (AvgIpc) is 3.19. The van der Waals surface area contributed by atoms with Crippen molar-refractivity contribution in [3.63, 3.8) is 0 Å². The molecule has 1 fully saturated rings. The van der Waals surface area contributed by atoms with Crippen LogP contribution in [0.5, 0.6) is 5.75 Å². The van der Waals surface area contributed by atoms with E-state index in [2.05, 4.69) is 6.07 Å². The third kappa shape index (κ3) is 2.18. The van der Waals surface area contributed by atoms with Crippen molar-refractivity contribution in [2.24, 2.45) is 11.7 Å². The predicted molar refractivity (Wildman–Crippen MR) is 78.1 cm³/mol. The molecule has 1 aliphatic carbocycles. The van der Waals surface area contributed by atoms with Gasteiger partial charge in [-0.15, -0.1) is 0 Å². The van der Waals surface area contributed by atoms with Crippen LogP contribution >= 0.6 is 12.2 Å². The van der Waals surface area contributed by atoms with Crippen molar-refractivity contribution in [3.05, 3.63) is 42.0 Å². The first kappa shape index (κ1) is 11.5. The minimum Gasteiger partial charge on any atom is -0.493 e. The van der Waals surface area contributed by atoms with Crippen molar-refractivity contribution in [3.8, 4) is 5.75 Å². The van der Waals surface area contributed by atoms with E-state index >= 15 is 0 Å². The molecule has 1 aliphatic rings. The van der Waals surface area contributed by atoms with Gasteiger partial charge in [0.05, 0.1) is 6.61 Å². The molecule has 92 valence electrons. The Balaban J connectivity index is 2.04. The van der Waals surface area contributed by atoms with Gasteiger partial charge in [0, 0.05) is 10.9 Å². The Kier molecular flexibility index (Phi) is 2.92. The summed E-state index contributed by atoms with van der Waals surface area (Å²) in [5.74, 6) is 1.68. The van der Waals surface area contributed by atoms with Gasteiger partial charge in [-0.2, -0.15) is 0 Å². The van der Waals surface area contributed by atoms with Gasteiger partial charge in [-0.3, -0.25) is 0 Å². The zero-order valence-electron chi connectivity index (χ0n) is 10.1. The molecule has 3 heteroatoms. The number of hydrogen-bond acceptors (Lipinski definition) is 2. The van der Waals surface area contributed by atoms with Crippen LogP contribution in [-0.4, -0.2) is 11.6 Å². The summed E-state index contributed by atoms with van der Waals surface area (Å²) >= 11 is 5.09. The zero-order chi connectivity index (χ0) is 12.5. The van der Waals surface area contributed by atoms with E-state index in [0.29, 0.717) is 4.99 Å². The van der Waals surface area contributed by atoms with E-state index in [1.165, 1.54) is 12.8 Å². The van der Waals surface area contributed by atoms with E-state index in [0.717, 1.165) is 34.6 Å². The van der Waals surface area contributed by atoms with Crippen molar-refractivity contribution in [1.29, 1.82) is 0 Å². The molecule has 0 spiro atoms. The molecule has 0 radical (unpaired) electrons. The Bertz CT molecular complexity index is 604. The summed E-state index contributed by atoms with van der Waals surface area (Å²) in [5, 5.41) is 2.15. The SMILES string of the molecule is NC(=S)c1ccc(OCC2CC2)c2ccccc12. The fourth-order valence-electron chi connectivity index (χ4n) is 2.10. The van der Waals surface area contributed by atoms with Crippen LogP contribution in [0.1, 0.15) is 18.4 Å². The Hall–Kier alpha value is -1.61. The summed E-state index contributed by atoms with van der Waals surface area (Å²) in [6.07, 6.45) is 2.59. The van der Waals surface area contributed by atoms with Crippen LogP contribution < -0.4 is 10.5 Å². The number of ether oxygens (including phenoxy) is 1. The van der Waals surface area contributed by atoms with Gasteiger partial charge in [-0.25, -0.2) is 0 Å². The molecule has 2 N–H and O–H groups in total. The van der Waals surface area contributed by atoms with E-state index in [1.54, 1.807) is 0 Å². The summed E-state index contributed by atoms with van der Waals surface area (Å²) < 4.78 is 5.89. The van der Waals surface area contributed by atoms with Crippen molar-refractivity contribution in [2.45, 2.75) is 12.8 Å². The molecule has 0 aromatic heterocycles. The fourth-order valence-corrected chi connectivity index (χ4v) is 2.28. The van der Waals surface area contributed by atoms with Crippen LogP contribution in [0.3, 0.4) is 0 Å². The summed E-state index contributed by atoms with van der Waals surface area (Å²) in [7, 11) is 0. The van der Waals surface area contributed by atoms with Gasteiger partial charge in [0.2, 0.25) is 0 Å². The lowest BCUT2D eigenvalue weighted by molar-refractivity contribution is 0.303. The zero-order valence-corrected chi connectivity index (χ0v) is 10.9. The molecule has 3 rings (SSSR count). The highest BCUT2D eigenvalue weighted by Crippen LogP contribution is 2.33. The van der Waals surface area contributed by atoms with Gasteiger partial charge in [0.15, 0.2) is 0 Å². The Labute approximate surface area is 112 Å². The maximum atomic E-state index is 5.89. The van der Waals surface area contributed by atoms with E-state index in [1.807, 2.05) is 30.3 Å². The van der Waals surface area contributed by atoms with E-state index in [9.17, 15) is 0 Å². The van der Waals surface area contributed by atoms with Crippen LogP contribution in [0.4, 0.5) is 0 Å². The number of hydrogen-bond donors (Lipinski definition) is 1. The maximum Gasteiger partial charge on any atom is 0.127 e. The minimum atomic E-state index is 0.431. The average molecular weight is 257 g/mol. The smallest absolute Gasteiger partial charge is 0.127 e. The van der Waals surface area contributed by atoms with E-state index in [-0.39, 0.29) is 0 Å². The molecule has 2 aromatic carbocycles. The Morgan fingerprint density at radius 3 is 2.56 bits per heavy atom. The molecule has 2 nitrogen and oxygen atoms in total. The van der Waals surface area contributed by atoms with E-state index < -0.39 is 0 Å². The first-order valence-electron chi connectivity index (χ1n) is 6.20. The van der Waals surface area contributed by atoms with Gasteiger partial charge in [-0.1, -0.05) is 36.5 Å². The first-order chi connectivity index (χ1) is 8.75. The number of benzene rings is 2. The van der Waals surface area contributed by atoms with Crippen molar-refractivity contribution in [1.82, 2.24) is 0 Å². The number of fused-ring (bicyclic) bond motifs is 1. The molecule has 18 heavy (non-hydrogen) atoms. The van der Waals surface area contributed by atoms with Crippen LogP contribution in [0.15, 0.2) is 36.4 Å². The quantitative estimate of drug-likeness (QED) is 0.854. The predicted octanol–water partition coefficient (Wildman–Crippen LogP) is 3.26. The number of rotatable bonds is 4. The van der Waals surface area contributed by atoms with Crippen LogP contribution in [0.25, 0.3) is 10.8 Å². The normalized spacial score (nSPS) is 14.7. The van der Waals surface area contributed by atoms with Crippen LogP contribution in [-0.2, 0) is 0 Å². The van der Waals surface area contributed by atoms with Gasteiger partial charge >= 0.3 is 0 Å². The molecule has 0 amide bonds. The van der Waals surface area contributed by atoms with Gasteiger partial charge in [-0.05, 0) is 36.3 Å². The summed E-state index contributed by atoms with van der Waals surface area (Å²) in [4.78, 5) is 0.431. The minimum absolute atomic E-state index is 0.431. The molecular weight excluding hydrogens is 242 g/mol. The van der Waals surface area contributed by atoms with Crippen molar-refractivity contribution in [2.75, 3.05) is 6.61 Å². The highest BCUT2D eigenvalue weighted by Gasteiger charge is 2.22. The molecule has 0 unspecified atom stereocenters. The highest BCUT2D eigenvalue weighted by atomic mass is 32.1. The van der Waals surface area contributed by atoms with Gasteiger partial charge < -0.3 is 10.5 Å². The van der Waals surface area contributed by atoms with Crippen molar-refractivity contribution >= 4 is 28.0 Å². The Morgan fingerprint density at radius 2 is 1.89 bits per heavy atom. The fraction of sp³-hybridized carbons (Fsp3) is 0.267. The summed E-state index contributed by atoms with van der Waals surface area (Å²) in [5.41, 5.74) is 6.67. The second-order valence-electron chi connectivity index (χ2n) is 4.78. The second-order valence-corrected chi connectivity index (χ2v) is 5.22. The summed E-state index contributed by atoms with van der Waals surface area (Å²) in [6, 6.07) is 12.0. The van der Waals surface area contributed by atoms with E-state index in [4.69, 9.17) is 22.7 Å². The highest BCUT2D eigenvalue weighted by molar-refractivity contribution is 7.80. The summed E-state index contributed by atoms with van der Waals surface area (Å²) in [6.45, 7) is 0.816. The lowest BCUT2D eigenvalue weighted by atomic mass is 10.0. The number of nitrogens with two attached hydrogens (primary N) is 1. The largest absolute Gasteiger partial charge is 0.493 e. The molecule has 0 saturated heterocycles. The van der Waals surface area contributed by atoms with Crippen molar-refractivity contribution < 1.29 is 4.74 Å². The first-order valence-corrected chi connectivity index (χ1v) is 6.61. The molecule has 0 aliphatic heterocycles. The lowest BCUT2D eigenvalue weighted by Gasteiger charge is -2.11. The third-order valence-corrected chi connectivity index (χ3v) is 3.54. The molecular formula is C15H15NOS. The van der Waals surface area contributed by atoms with Gasteiger partial charge in [0.25, 0.3) is 0 Å². The number of thiocarbonyl (C=S) groups is 1. The molecule has 0 heterocycles. The topological polar surface area (TPSA) is 35.2 Å². The van der Waals surface area contributed by atoms with Gasteiger partial charge in [0.1, 0.15) is 10.7 Å². The van der Waals surface area contributed by atoms with Crippen LogP contribution in [0, 0.1) is 5.92 Å². The molecule has 1 saturated carbocycles. The van der Waals surface area contributed by atoms with Crippen LogP contribution in [0.2, 0.25) is 0 Å². The maximum absolute atomic E-state index is 5.89. The standard InChI is InChI=1S/C15H15NOS/c16-15(18)13-7-8-14(17-9-10-5-6-10)12-4-2-1-3-11(12)13/h1-4,7-8,10H,5-6,9H2,(H2,16,18). The molecule has 0 bridgehead atoms. The Morgan fingerprint density at radius 1 is 1.17 bits per heavy atom. The second kappa shape index (κ2) is 4.58. The lowest BCUT2D eigenvalue weighted by Crippen LogP contribution is -2.10. The molecule has 0 atom stereocenters. The monoisotopic (exact) mass is 257 g/mol. The molecule has 2 aromatic rings.